The molecule has 0 aliphatic carbocycles. The number of benzene rings is 2. The van der Waals surface area contributed by atoms with Gasteiger partial charge in [0, 0.05) is 29.4 Å². The summed E-state index contributed by atoms with van der Waals surface area (Å²) in [7, 11) is 0. The lowest BCUT2D eigenvalue weighted by atomic mass is 10.2. The molecule has 0 saturated carbocycles. The Bertz CT molecular complexity index is 1030. The van der Waals surface area contributed by atoms with Gasteiger partial charge in [-0.15, -0.1) is 0 Å². The van der Waals surface area contributed by atoms with Crippen molar-refractivity contribution in [3.05, 3.63) is 71.0 Å². The van der Waals surface area contributed by atoms with E-state index >= 15 is 0 Å². The zero-order valence-corrected chi connectivity index (χ0v) is 16.1. The molecule has 1 N–H and O–H groups in total. The number of carbonyl (C=O) groups excluding carboxylic acids is 2. The second kappa shape index (κ2) is 7.48. The molecule has 3 aromatic rings. The van der Waals surface area contributed by atoms with Gasteiger partial charge in [-0.1, -0.05) is 11.6 Å². The largest absolute Gasteiger partial charge is 0.322 e. The summed E-state index contributed by atoms with van der Waals surface area (Å²) in [6.07, 6.45) is 3.03. The van der Waals surface area contributed by atoms with E-state index in [0.717, 1.165) is 30.0 Å². The van der Waals surface area contributed by atoms with E-state index in [9.17, 15) is 9.59 Å². The molecular formula is C21H19ClN4O2. The lowest BCUT2D eigenvalue weighted by Crippen LogP contribution is -2.23. The Kier molecular flexibility index (Phi) is 4.88. The fourth-order valence-electron chi connectivity index (χ4n) is 3.32. The third kappa shape index (κ3) is 3.51. The molecule has 1 aromatic heterocycles. The average molecular weight is 395 g/mol. The maximum Gasteiger partial charge on any atom is 0.259 e. The summed E-state index contributed by atoms with van der Waals surface area (Å²) in [5, 5.41) is 7.85. The standard InChI is InChI=1S/C21H19ClN4O2/c1-14-19(13-23-26(14)18-8-4-15(22)5-9-18)21(28)24-16-6-10-17(11-7-16)25-12-2-3-20(25)27/h4-11,13H,2-3,12H2,1H3,(H,24,28). The zero-order chi connectivity index (χ0) is 19.7. The van der Waals surface area contributed by atoms with E-state index in [2.05, 4.69) is 10.4 Å². The fraction of sp³-hybridized carbons (Fsp3) is 0.190. The number of aromatic nitrogens is 2. The number of halogens is 1. The van der Waals surface area contributed by atoms with Crippen molar-refractivity contribution in [2.75, 3.05) is 16.8 Å². The number of nitrogens with one attached hydrogen (secondary N) is 1. The molecule has 0 spiro atoms. The molecule has 1 aliphatic rings. The van der Waals surface area contributed by atoms with Crippen LogP contribution in [0.25, 0.3) is 5.69 Å². The maximum absolute atomic E-state index is 12.7. The van der Waals surface area contributed by atoms with Crippen molar-refractivity contribution < 1.29 is 9.59 Å². The molecule has 28 heavy (non-hydrogen) atoms. The first-order valence-corrected chi connectivity index (χ1v) is 9.43. The number of anilines is 2. The molecule has 4 rings (SSSR count). The van der Waals surface area contributed by atoms with Crippen molar-refractivity contribution in [1.82, 2.24) is 9.78 Å². The predicted molar refractivity (Wildman–Crippen MR) is 109 cm³/mol. The minimum Gasteiger partial charge on any atom is -0.322 e. The van der Waals surface area contributed by atoms with E-state index in [4.69, 9.17) is 11.6 Å². The monoisotopic (exact) mass is 394 g/mol. The smallest absolute Gasteiger partial charge is 0.259 e. The van der Waals surface area contributed by atoms with Gasteiger partial charge in [-0.2, -0.15) is 5.10 Å². The van der Waals surface area contributed by atoms with Gasteiger partial charge >= 0.3 is 0 Å². The second-order valence-corrected chi connectivity index (χ2v) is 7.12. The highest BCUT2D eigenvalue weighted by atomic mass is 35.5. The maximum atomic E-state index is 12.7. The van der Waals surface area contributed by atoms with Gasteiger partial charge in [0.1, 0.15) is 0 Å². The van der Waals surface area contributed by atoms with E-state index in [1.165, 1.54) is 0 Å². The van der Waals surface area contributed by atoms with Gasteiger partial charge in [-0.05, 0) is 61.9 Å². The number of carbonyl (C=O) groups is 2. The van der Waals surface area contributed by atoms with Crippen LogP contribution >= 0.6 is 11.6 Å². The Morgan fingerprint density at radius 2 is 1.75 bits per heavy atom. The topological polar surface area (TPSA) is 67.2 Å². The molecule has 2 amide bonds. The Morgan fingerprint density at radius 3 is 2.39 bits per heavy atom. The summed E-state index contributed by atoms with van der Waals surface area (Å²) in [6.45, 7) is 2.59. The van der Waals surface area contributed by atoms with Crippen LogP contribution in [0.15, 0.2) is 54.7 Å². The zero-order valence-electron chi connectivity index (χ0n) is 15.4. The Labute approximate surface area is 167 Å². The van der Waals surface area contributed by atoms with Crippen LogP contribution in [0.1, 0.15) is 28.9 Å². The highest BCUT2D eigenvalue weighted by Crippen LogP contribution is 2.24. The van der Waals surface area contributed by atoms with Crippen molar-refractivity contribution in [2.24, 2.45) is 0 Å². The number of hydrogen-bond acceptors (Lipinski definition) is 3. The summed E-state index contributed by atoms with van der Waals surface area (Å²) >= 11 is 5.93. The Hall–Kier alpha value is -3.12. The van der Waals surface area contributed by atoms with Crippen LogP contribution in [0, 0.1) is 6.92 Å². The fourth-order valence-corrected chi connectivity index (χ4v) is 3.45. The lowest BCUT2D eigenvalue weighted by Gasteiger charge is -2.16. The minimum absolute atomic E-state index is 0.141. The van der Waals surface area contributed by atoms with Gasteiger partial charge < -0.3 is 10.2 Å². The molecular weight excluding hydrogens is 376 g/mol. The highest BCUT2D eigenvalue weighted by Gasteiger charge is 2.21. The molecule has 0 atom stereocenters. The van der Waals surface area contributed by atoms with Crippen molar-refractivity contribution in [2.45, 2.75) is 19.8 Å². The van der Waals surface area contributed by atoms with Crippen LogP contribution in [0.4, 0.5) is 11.4 Å². The number of hydrogen-bond donors (Lipinski definition) is 1. The first kappa shape index (κ1) is 18.3. The Morgan fingerprint density at radius 1 is 1.07 bits per heavy atom. The van der Waals surface area contributed by atoms with E-state index < -0.39 is 0 Å². The van der Waals surface area contributed by atoms with Crippen molar-refractivity contribution in [3.63, 3.8) is 0 Å². The normalized spacial score (nSPS) is 13.8. The first-order valence-electron chi connectivity index (χ1n) is 9.05. The molecule has 1 aliphatic heterocycles. The van der Waals surface area contributed by atoms with Crippen LogP contribution in [-0.4, -0.2) is 28.1 Å². The van der Waals surface area contributed by atoms with Crippen molar-refractivity contribution in [3.8, 4) is 5.69 Å². The molecule has 142 valence electrons. The number of rotatable bonds is 4. The van der Waals surface area contributed by atoms with Gasteiger partial charge in [0.25, 0.3) is 5.91 Å². The van der Waals surface area contributed by atoms with Crippen LogP contribution in [-0.2, 0) is 4.79 Å². The molecule has 1 saturated heterocycles. The van der Waals surface area contributed by atoms with Gasteiger partial charge in [0.15, 0.2) is 0 Å². The summed E-state index contributed by atoms with van der Waals surface area (Å²) in [4.78, 5) is 26.3. The van der Waals surface area contributed by atoms with E-state index in [-0.39, 0.29) is 11.8 Å². The summed E-state index contributed by atoms with van der Waals surface area (Å²) in [6, 6.07) is 14.6. The van der Waals surface area contributed by atoms with Gasteiger partial charge in [-0.25, -0.2) is 4.68 Å². The second-order valence-electron chi connectivity index (χ2n) is 6.68. The Balaban J connectivity index is 1.49. The molecule has 0 unspecified atom stereocenters. The van der Waals surface area contributed by atoms with Gasteiger partial charge in [-0.3, -0.25) is 9.59 Å². The first-order chi connectivity index (χ1) is 13.5. The van der Waals surface area contributed by atoms with E-state index in [1.54, 1.807) is 40.0 Å². The summed E-state index contributed by atoms with van der Waals surface area (Å²) in [5.74, 6) is -0.0928. The SMILES string of the molecule is Cc1c(C(=O)Nc2ccc(N3CCCC3=O)cc2)cnn1-c1ccc(Cl)cc1. The molecule has 0 bridgehead atoms. The molecule has 7 heteroatoms. The van der Waals surface area contributed by atoms with Crippen molar-refractivity contribution >= 4 is 34.8 Å². The average Bonchev–Trinajstić information content (AvgIpc) is 3.29. The number of nitrogens with zero attached hydrogens (tertiary/aromatic N) is 3. The minimum atomic E-state index is -0.234. The molecule has 2 aromatic carbocycles. The number of amides is 2. The molecule has 2 heterocycles. The molecule has 1 fully saturated rings. The predicted octanol–water partition coefficient (Wildman–Crippen LogP) is 4.21. The van der Waals surface area contributed by atoms with Gasteiger partial charge in [0.2, 0.25) is 5.91 Å². The quantitative estimate of drug-likeness (QED) is 0.720. The highest BCUT2D eigenvalue weighted by molar-refractivity contribution is 6.30. The summed E-state index contributed by atoms with van der Waals surface area (Å²) in [5.41, 5.74) is 3.58. The summed E-state index contributed by atoms with van der Waals surface area (Å²) < 4.78 is 1.70. The third-order valence-electron chi connectivity index (χ3n) is 4.84. The lowest BCUT2D eigenvalue weighted by molar-refractivity contribution is -0.117. The van der Waals surface area contributed by atoms with Crippen LogP contribution in [0.2, 0.25) is 5.02 Å². The van der Waals surface area contributed by atoms with Crippen LogP contribution in [0.5, 0.6) is 0 Å². The third-order valence-corrected chi connectivity index (χ3v) is 5.09. The van der Waals surface area contributed by atoms with Crippen molar-refractivity contribution in [1.29, 1.82) is 0 Å². The van der Waals surface area contributed by atoms with E-state index in [1.807, 2.05) is 31.2 Å². The van der Waals surface area contributed by atoms with Crippen LogP contribution in [0.3, 0.4) is 0 Å². The van der Waals surface area contributed by atoms with Crippen LogP contribution < -0.4 is 10.2 Å². The molecule has 6 nitrogen and oxygen atoms in total. The molecule has 0 radical (unpaired) electrons. The van der Waals surface area contributed by atoms with E-state index in [0.29, 0.717) is 22.7 Å². The van der Waals surface area contributed by atoms with Gasteiger partial charge in [0.05, 0.1) is 23.1 Å².